The molecule has 1 unspecified atom stereocenters. The van der Waals surface area contributed by atoms with Crippen LogP contribution >= 0.6 is 0 Å². The average Bonchev–Trinajstić information content (AvgIpc) is 1.69. The Morgan fingerprint density at radius 1 is 1.71 bits per heavy atom. The van der Waals surface area contributed by atoms with Gasteiger partial charge in [-0.3, -0.25) is 0 Å². The molecule has 1 heterocycles. The van der Waals surface area contributed by atoms with E-state index in [-0.39, 0.29) is 6.23 Å². The fraction of sp³-hybridized carbons (Fsp3) is 1.00. The molecule has 1 aliphatic heterocycles. The maximum atomic E-state index is 5.11. The van der Waals surface area contributed by atoms with Gasteiger partial charge < -0.3 is 4.74 Å². The fourth-order valence-corrected chi connectivity index (χ4v) is 0.644. The molecule has 1 rings (SSSR count). The lowest BCUT2D eigenvalue weighted by atomic mass is 10.4. The van der Waals surface area contributed by atoms with Gasteiger partial charge in [0.2, 0.25) is 0 Å². The molecule has 0 N–H and O–H groups in total. The molecule has 1 atom stereocenters. The third kappa shape index (κ3) is 1.45. The van der Waals surface area contributed by atoms with E-state index in [4.69, 9.17) is 4.74 Å². The summed E-state index contributed by atoms with van der Waals surface area (Å²) < 4.78 is 5.11. The van der Waals surface area contributed by atoms with E-state index in [1.54, 1.807) is 0 Å². The molecule has 2 heteroatoms. The molecule has 0 aliphatic carbocycles. The normalized spacial score (nSPS) is 33.0. The molecular weight excluding hydrogens is 90.1 g/mol. The Morgan fingerprint density at radius 3 is 2.86 bits per heavy atom. The average molecular weight is 100 g/mol. The van der Waals surface area contributed by atoms with Gasteiger partial charge >= 0.3 is 0 Å². The molecule has 1 saturated heterocycles. The SMILES string of the molecule is CC1[N]CCCO1. The lowest BCUT2D eigenvalue weighted by molar-refractivity contribution is 0.0107. The summed E-state index contributed by atoms with van der Waals surface area (Å²) in [6.07, 6.45) is 1.26. The highest BCUT2D eigenvalue weighted by Crippen LogP contribution is 1.96. The highest BCUT2D eigenvalue weighted by atomic mass is 16.5. The number of nitrogens with zero attached hydrogens (tertiary/aromatic N) is 1. The molecule has 41 valence electrons. The van der Waals surface area contributed by atoms with Crippen LogP contribution in [0.4, 0.5) is 0 Å². The molecule has 0 saturated carbocycles. The highest BCUT2D eigenvalue weighted by Gasteiger charge is 2.05. The Labute approximate surface area is 43.9 Å². The van der Waals surface area contributed by atoms with Crippen LogP contribution in [0.1, 0.15) is 13.3 Å². The largest absolute Gasteiger partial charge is 0.362 e. The second kappa shape index (κ2) is 2.28. The van der Waals surface area contributed by atoms with Crippen molar-refractivity contribution in [3.05, 3.63) is 0 Å². The van der Waals surface area contributed by atoms with Gasteiger partial charge in [-0.05, 0) is 13.3 Å². The summed E-state index contributed by atoms with van der Waals surface area (Å²) >= 11 is 0. The summed E-state index contributed by atoms with van der Waals surface area (Å²) in [5, 5.41) is 4.11. The Hall–Kier alpha value is -0.0800. The van der Waals surface area contributed by atoms with E-state index in [1.807, 2.05) is 6.92 Å². The van der Waals surface area contributed by atoms with E-state index in [2.05, 4.69) is 5.32 Å². The van der Waals surface area contributed by atoms with Gasteiger partial charge in [0.05, 0.1) is 0 Å². The van der Waals surface area contributed by atoms with Gasteiger partial charge in [-0.1, -0.05) is 0 Å². The van der Waals surface area contributed by atoms with Crippen LogP contribution in [0.2, 0.25) is 0 Å². The Morgan fingerprint density at radius 2 is 2.57 bits per heavy atom. The first-order valence-corrected chi connectivity index (χ1v) is 2.68. The van der Waals surface area contributed by atoms with Crippen LogP contribution in [-0.2, 0) is 4.74 Å². The van der Waals surface area contributed by atoms with E-state index < -0.39 is 0 Å². The van der Waals surface area contributed by atoms with Crippen molar-refractivity contribution in [2.45, 2.75) is 19.6 Å². The molecule has 0 spiro atoms. The smallest absolute Gasteiger partial charge is 0.120 e. The Balaban J connectivity index is 2.12. The van der Waals surface area contributed by atoms with Crippen LogP contribution in [0.15, 0.2) is 0 Å². The van der Waals surface area contributed by atoms with Gasteiger partial charge in [0.15, 0.2) is 0 Å². The van der Waals surface area contributed by atoms with Crippen LogP contribution in [0.5, 0.6) is 0 Å². The first-order valence-electron chi connectivity index (χ1n) is 2.68. The van der Waals surface area contributed by atoms with E-state index in [0.717, 1.165) is 19.6 Å². The molecule has 1 fully saturated rings. The van der Waals surface area contributed by atoms with Crippen molar-refractivity contribution in [1.29, 1.82) is 0 Å². The van der Waals surface area contributed by atoms with Crippen molar-refractivity contribution >= 4 is 0 Å². The molecule has 2 nitrogen and oxygen atoms in total. The number of hydrogen-bond acceptors (Lipinski definition) is 1. The second-order valence-electron chi connectivity index (χ2n) is 1.73. The third-order valence-electron chi connectivity index (χ3n) is 1.05. The summed E-state index contributed by atoms with van der Waals surface area (Å²) in [5.41, 5.74) is 0. The molecule has 7 heavy (non-hydrogen) atoms. The number of hydrogen-bond donors (Lipinski definition) is 0. The van der Waals surface area contributed by atoms with Gasteiger partial charge in [-0.15, -0.1) is 0 Å². The minimum atomic E-state index is 0.161. The van der Waals surface area contributed by atoms with E-state index in [0.29, 0.717) is 0 Å². The minimum Gasteiger partial charge on any atom is -0.362 e. The quantitative estimate of drug-likeness (QED) is 0.431. The van der Waals surface area contributed by atoms with Gasteiger partial charge in [-0.25, -0.2) is 5.32 Å². The monoisotopic (exact) mass is 100 g/mol. The molecule has 0 aromatic heterocycles. The zero-order valence-corrected chi connectivity index (χ0v) is 4.55. The molecule has 0 aromatic rings. The molecule has 1 radical (unpaired) electrons. The van der Waals surface area contributed by atoms with Gasteiger partial charge in [0.1, 0.15) is 6.23 Å². The standard InChI is InChI=1S/C5H10NO/c1-5-6-3-2-4-7-5/h5H,2-4H2,1H3. The van der Waals surface area contributed by atoms with E-state index in [9.17, 15) is 0 Å². The third-order valence-corrected chi connectivity index (χ3v) is 1.05. The Bertz CT molecular complexity index is 50.0. The number of ether oxygens (including phenoxy) is 1. The fourth-order valence-electron chi connectivity index (χ4n) is 0.644. The van der Waals surface area contributed by atoms with Crippen molar-refractivity contribution in [2.24, 2.45) is 0 Å². The molecule has 0 aromatic carbocycles. The maximum Gasteiger partial charge on any atom is 0.120 e. The van der Waals surface area contributed by atoms with Gasteiger partial charge in [0, 0.05) is 13.2 Å². The predicted octanol–water partition coefficient (Wildman–Crippen LogP) is 0.357. The van der Waals surface area contributed by atoms with Crippen LogP contribution in [0, 0.1) is 0 Å². The highest BCUT2D eigenvalue weighted by molar-refractivity contribution is 4.53. The van der Waals surface area contributed by atoms with Crippen LogP contribution in [0.3, 0.4) is 0 Å². The molecule has 0 amide bonds. The van der Waals surface area contributed by atoms with Crippen molar-refractivity contribution in [3.63, 3.8) is 0 Å². The lowest BCUT2D eigenvalue weighted by Gasteiger charge is -2.17. The van der Waals surface area contributed by atoms with Crippen molar-refractivity contribution in [1.82, 2.24) is 5.32 Å². The first kappa shape index (κ1) is 5.06. The topological polar surface area (TPSA) is 23.3 Å². The summed E-state index contributed by atoms with van der Waals surface area (Å²) in [7, 11) is 0. The molecular formula is C5H10NO. The van der Waals surface area contributed by atoms with E-state index in [1.165, 1.54) is 0 Å². The lowest BCUT2D eigenvalue weighted by Crippen LogP contribution is -2.29. The van der Waals surface area contributed by atoms with Crippen LogP contribution in [0.25, 0.3) is 0 Å². The van der Waals surface area contributed by atoms with Gasteiger partial charge in [-0.2, -0.15) is 0 Å². The van der Waals surface area contributed by atoms with Crippen LogP contribution < -0.4 is 5.32 Å². The van der Waals surface area contributed by atoms with E-state index >= 15 is 0 Å². The Kier molecular flexibility index (Phi) is 1.65. The van der Waals surface area contributed by atoms with Crippen molar-refractivity contribution in [3.8, 4) is 0 Å². The van der Waals surface area contributed by atoms with Crippen molar-refractivity contribution < 1.29 is 4.74 Å². The number of rotatable bonds is 0. The zero-order chi connectivity index (χ0) is 5.11. The van der Waals surface area contributed by atoms with Gasteiger partial charge in [0.25, 0.3) is 0 Å². The second-order valence-corrected chi connectivity index (χ2v) is 1.73. The maximum absolute atomic E-state index is 5.11. The summed E-state index contributed by atoms with van der Waals surface area (Å²) in [6.45, 7) is 3.85. The molecule has 0 bridgehead atoms. The van der Waals surface area contributed by atoms with Crippen molar-refractivity contribution in [2.75, 3.05) is 13.2 Å². The first-order chi connectivity index (χ1) is 3.39. The predicted molar refractivity (Wildman–Crippen MR) is 27.0 cm³/mol. The molecule has 1 aliphatic rings. The van der Waals surface area contributed by atoms with Crippen LogP contribution in [-0.4, -0.2) is 19.4 Å². The minimum absolute atomic E-state index is 0.161. The zero-order valence-electron chi connectivity index (χ0n) is 4.55. The summed E-state index contributed by atoms with van der Waals surface area (Å²) in [6, 6.07) is 0. The summed E-state index contributed by atoms with van der Waals surface area (Å²) in [5.74, 6) is 0. The summed E-state index contributed by atoms with van der Waals surface area (Å²) in [4.78, 5) is 0.